The number of nitrogens with zero attached hydrogens (tertiary/aromatic N) is 1. The predicted molar refractivity (Wildman–Crippen MR) is 103 cm³/mol. The van der Waals surface area contributed by atoms with Crippen molar-refractivity contribution in [2.45, 2.75) is 33.1 Å². The van der Waals surface area contributed by atoms with Crippen LogP contribution in [-0.2, 0) is 4.79 Å². The molecule has 124 valence electrons. The molecule has 1 aliphatic heterocycles. The number of imide groups is 1. The highest BCUT2D eigenvalue weighted by Crippen LogP contribution is 2.34. The van der Waals surface area contributed by atoms with Crippen LogP contribution in [0.15, 0.2) is 32.0 Å². The molecule has 3 nitrogen and oxygen atoms in total. The molecule has 0 aromatic heterocycles. The fraction of sp³-hybridized carbons (Fsp3) is 0.412. The van der Waals surface area contributed by atoms with Crippen molar-refractivity contribution < 1.29 is 9.59 Å². The SMILES string of the molecule is CCCC(CC)CN1C(=O)SC(=Cc2cc(Br)cc(Br)c2)C1=O. The molecule has 1 fully saturated rings. The van der Waals surface area contributed by atoms with Crippen molar-refractivity contribution in [2.75, 3.05) is 6.54 Å². The number of benzene rings is 1. The van der Waals surface area contributed by atoms with Gasteiger partial charge in [0.15, 0.2) is 0 Å². The second-order valence-electron chi connectivity index (χ2n) is 5.56. The number of carbonyl (C=O) groups excluding carboxylic acids is 2. The van der Waals surface area contributed by atoms with Gasteiger partial charge >= 0.3 is 0 Å². The Morgan fingerprint density at radius 3 is 2.39 bits per heavy atom. The molecule has 0 saturated carbocycles. The van der Waals surface area contributed by atoms with Gasteiger partial charge in [0, 0.05) is 15.5 Å². The number of hydrogen-bond donors (Lipinski definition) is 0. The zero-order valence-electron chi connectivity index (χ0n) is 13.1. The van der Waals surface area contributed by atoms with Gasteiger partial charge in [-0.1, -0.05) is 58.5 Å². The molecule has 23 heavy (non-hydrogen) atoms. The number of hydrogen-bond acceptors (Lipinski definition) is 3. The van der Waals surface area contributed by atoms with Crippen molar-refractivity contribution in [2.24, 2.45) is 5.92 Å². The number of carbonyl (C=O) groups is 2. The summed E-state index contributed by atoms with van der Waals surface area (Å²) in [6.45, 7) is 4.75. The molecule has 1 aromatic rings. The van der Waals surface area contributed by atoms with Crippen LogP contribution in [0.3, 0.4) is 0 Å². The van der Waals surface area contributed by atoms with Crippen LogP contribution in [0.4, 0.5) is 4.79 Å². The molecule has 6 heteroatoms. The topological polar surface area (TPSA) is 37.4 Å². The Kier molecular flexibility index (Phi) is 6.92. The Balaban J connectivity index is 2.18. The molecule has 1 aliphatic rings. The van der Waals surface area contributed by atoms with E-state index in [1.807, 2.05) is 18.2 Å². The maximum atomic E-state index is 12.5. The standard InChI is InChI=1S/C17H19Br2NO2S/c1-3-5-11(4-2)10-20-16(21)15(23-17(20)22)8-12-6-13(18)9-14(19)7-12/h6-9,11H,3-5,10H2,1-2H3. The molecular formula is C17H19Br2NO2S. The Morgan fingerprint density at radius 1 is 1.17 bits per heavy atom. The summed E-state index contributed by atoms with van der Waals surface area (Å²) in [5, 5.41) is -0.162. The maximum absolute atomic E-state index is 12.5. The van der Waals surface area contributed by atoms with Crippen molar-refractivity contribution >= 4 is 60.8 Å². The number of thioether (sulfide) groups is 1. The first-order valence-corrected chi connectivity index (χ1v) is 10.1. The van der Waals surface area contributed by atoms with Gasteiger partial charge in [0.05, 0.1) is 4.91 Å². The van der Waals surface area contributed by atoms with Crippen LogP contribution in [0.5, 0.6) is 0 Å². The van der Waals surface area contributed by atoms with E-state index in [1.54, 1.807) is 6.08 Å². The Labute approximate surface area is 158 Å². The van der Waals surface area contributed by atoms with E-state index in [-0.39, 0.29) is 11.1 Å². The van der Waals surface area contributed by atoms with E-state index in [4.69, 9.17) is 0 Å². The normalized spacial score (nSPS) is 18.1. The van der Waals surface area contributed by atoms with Gasteiger partial charge in [-0.3, -0.25) is 14.5 Å². The summed E-state index contributed by atoms with van der Waals surface area (Å²) in [4.78, 5) is 26.6. The number of halogens is 2. The van der Waals surface area contributed by atoms with Crippen molar-refractivity contribution in [1.82, 2.24) is 4.90 Å². The first-order chi connectivity index (χ1) is 10.9. The van der Waals surface area contributed by atoms with Gasteiger partial charge in [0.2, 0.25) is 0 Å². The van der Waals surface area contributed by atoms with Crippen molar-refractivity contribution in [3.8, 4) is 0 Å². The van der Waals surface area contributed by atoms with Crippen LogP contribution in [0, 0.1) is 5.92 Å². The molecule has 2 amide bonds. The van der Waals surface area contributed by atoms with E-state index >= 15 is 0 Å². The zero-order valence-corrected chi connectivity index (χ0v) is 17.1. The second kappa shape index (κ2) is 8.49. The van der Waals surface area contributed by atoms with Crippen LogP contribution in [0.2, 0.25) is 0 Å². The molecule has 1 aromatic carbocycles. The summed E-state index contributed by atoms with van der Waals surface area (Å²) in [6, 6.07) is 5.77. The summed E-state index contributed by atoms with van der Waals surface area (Å²) in [5.74, 6) is 0.207. The first-order valence-electron chi connectivity index (χ1n) is 7.66. The van der Waals surface area contributed by atoms with Crippen LogP contribution in [-0.4, -0.2) is 22.6 Å². The third-order valence-corrected chi connectivity index (χ3v) is 5.59. The highest BCUT2D eigenvalue weighted by Gasteiger charge is 2.35. The molecule has 1 atom stereocenters. The monoisotopic (exact) mass is 459 g/mol. The largest absolute Gasteiger partial charge is 0.293 e. The fourth-order valence-corrected chi connectivity index (χ4v) is 4.74. The Bertz CT molecular complexity index is 625. The average Bonchev–Trinajstić information content (AvgIpc) is 2.73. The van der Waals surface area contributed by atoms with Crippen molar-refractivity contribution in [3.05, 3.63) is 37.6 Å². The molecule has 0 radical (unpaired) electrons. The third kappa shape index (κ3) is 4.94. The maximum Gasteiger partial charge on any atom is 0.293 e. The van der Waals surface area contributed by atoms with E-state index in [2.05, 4.69) is 45.7 Å². The lowest BCUT2D eigenvalue weighted by Gasteiger charge is -2.19. The van der Waals surface area contributed by atoms with E-state index in [1.165, 1.54) is 4.90 Å². The van der Waals surface area contributed by atoms with Gasteiger partial charge in [-0.15, -0.1) is 0 Å². The summed E-state index contributed by atoms with van der Waals surface area (Å²) < 4.78 is 1.85. The lowest BCUT2D eigenvalue weighted by atomic mass is 10.0. The van der Waals surface area contributed by atoms with Gasteiger partial charge in [0.1, 0.15) is 0 Å². The van der Waals surface area contributed by atoms with Crippen LogP contribution >= 0.6 is 43.6 Å². The summed E-state index contributed by atoms with van der Waals surface area (Å²) in [7, 11) is 0. The molecule has 0 aliphatic carbocycles. The minimum atomic E-state index is -0.175. The highest BCUT2D eigenvalue weighted by molar-refractivity contribution is 9.11. The Morgan fingerprint density at radius 2 is 1.83 bits per heavy atom. The van der Waals surface area contributed by atoms with Gasteiger partial charge in [-0.25, -0.2) is 0 Å². The molecule has 0 bridgehead atoms. The van der Waals surface area contributed by atoms with E-state index in [0.29, 0.717) is 17.4 Å². The summed E-state index contributed by atoms with van der Waals surface area (Å²) in [5.41, 5.74) is 0.886. The minimum absolute atomic E-state index is 0.162. The predicted octanol–water partition coefficient (Wildman–Crippen LogP) is 6.07. The summed E-state index contributed by atoms with van der Waals surface area (Å²) >= 11 is 7.89. The van der Waals surface area contributed by atoms with E-state index < -0.39 is 0 Å². The Hall–Kier alpha value is -0.590. The van der Waals surface area contributed by atoms with Gasteiger partial charge < -0.3 is 0 Å². The van der Waals surface area contributed by atoms with Gasteiger partial charge in [-0.2, -0.15) is 0 Å². The van der Waals surface area contributed by atoms with Gasteiger partial charge in [-0.05, 0) is 53.9 Å². The zero-order chi connectivity index (χ0) is 17.0. The van der Waals surface area contributed by atoms with Crippen molar-refractivity contribution in [1.29, 1.82) is 0 Å². The minimum Gasteiger partial charge on any atom is -0.268 e. The highest BCUT2D eigenvalue weighted by atomic mass is 79.9. The fourth-order valence-electron chi connectivity index (χ4n) is 2.56. The van der Waals surface area contributed by atoms with E-state index in [0.717, 1.165) is 45.5 Å². The van der Waals surface area contributed by atoms with Gasteiger partial charge in [0.25, 0.3) is 11.1 Å². The molecule has 0 spiro atoms. The quantitative estimate of drug-likeness (QED) is 0.483. The number of rotatable bonds is 6. The average molecular weight is 461 g/mol. The molecule has 2 rings (SSSR count). The van der Waals surface area contributed by atoms with Crippen LogP contribution < -0.4 is 0 Å². The molecule has 0 N–H and O–H groups in total. The van der Waals surface area contributed by atoms with Crippen LogP contribution in [0.25, 0.3) is 6.08 Å². The first kappa shape index (κ1) is 18.7. The van der Waals surface area contributed by atoms with E-state index in [9.17, 15) is 9.59 Å². The molecule has 1 saturated heterocycles. The smallest absolute Gasteiger partial charge is 0.268 e. The molecule has 1 unspecified atom stereocenters. The lowest BCUT2D eigenvalue weighted by Crippen LogP contribution is -2.33. The second-order valence-corrected chi connectivity index (χ2v) is 8.38. The van der Waals surface area contributed by atoms with Crippen molar-refractivity contribution in [3.63, 3.8) is 0 Å². The molecule has 1 heterocycles. The lowest BCUT2D eigenvalue weighted by molar-refractivity contribution is -0.123. The van der Waals surface area contributed by atoms with Crippen LogP contribution in [0.1, 0.15) is 38.7 Å². The molecular weight excluding hydrogens is 442 g/mol. The summed E-state index contributed by atoms with van der Waals surface area (Å²) in [6.07, 6.45) is 4.86. The third-order valence-electron chi connectivity index (χ3n) is 3.77. The number of amides is 2.